The lowest BCUT2D eigenvalue weighted by atomic mass is 10.0. The third-order valence-corrected chi connectivity index (χ3v) is 5.90. The highest BCUT2D eigenvalue weighted by atomic mass is 35.5. The lowest BCUT2D eigenvalue weighted by Crippen LogP contribution is -2.08. The fourth-order valence-electron chi connectivity index (χ4n) is 2.99. The van der Waals surface area contributed by atoms with Gasteiger partial charge in [-0.05, 0) is 48.5 Å². The van der Waals surface area contributed by atoms with Crippen molar-refractivity contribution in [1.82, 2.24) is 4.98 Å². The topological polar surface area (TPSA) is 31.4 Å². The summed E-state index contributed by atoms with van der Waals surface area (Å²) in [4.78, 5) is 4.75. The summed E-state index contributed by atoms with van der Waals surface area (Å²) in [6.07, 6.45) is 0.329. The number of hydrogen-bond donors (Lipinski definition) is 0. The summed E-state index contributed by atoms with van der Waals surface area (Å²) >= 11 is 7.11. The molecule has 3 nitrogen and oxygen atoms in total. The van der Waals surface area contributed by atoms with Crippen LogP contribution in [0.3, 0.4) is 0 Å². The average Bonchev–Trinajstić information content (AvgIpc) is 3.25. The molecule has 1 aliphatic heterocycles. The summed E-state index contributed by atoms with van der Waals surface area (Å²) in [6, 6.07) is 11.4. The highest BCUT2D eigenvalue weighted by Gasteiger charge is 2.27. The highest BCUT2D eigenvalue weighted by molar-refractivity contribution is 7.99. The maximum atomic E-state index is 14.8. The number of ether oxygens (including phenoxy) is 2. The molecule has 2 aromatic carbocycles. The standard InChI is InChI=1S/C21H15ClF3NO2S/c22-12-1-4-14(5-2-12)29-20(15-9-13(23)3-6-17(15)24)16-10-19(26-11-18(16)25)21-27-7-8-28-21/h1-6,9-11,20-21H,7-8H2. The second-order valence-electron chi connectivity index (χ2n) is 6.32. The molecule has 0 saturated carbocycles. The Balaban J connectivity index is 1.80. The minimum atomic E-state index is -0.866. The van der Waals surface area contributed by atoms with Crippen molar-refractivity contribution in [2.75, 3.05) is 13.2 Å². The van der Waals surface area contributed by atoms with E-state index in [1.54, 1.807) is 24.3 Å². The van der Waals surface area contributed by atoms with Gasteiger partial charge in [0.05, 0.1) is 30.4 Å². The minimum Gasteiger partial charge on any atom is -0.345 e. The second kappa shape index (κ2) is 8.75. The Morgan fingerprint density at radius 3 is 2.34 bits per heavy atom. The van der Waals surface area contributed by atoms with Crippen LogP contribution < -0.4 is 0 Å². The van der Waals surface area contributed by atoms with E-state index in [4.69, 9.17) is 21.1 Å². The first-order valence-corrected chi connectivity index (χ1v) is 10.0. The molecule has 3 aromatic rings. The Bertz CT molecular complexity index is 1010. The molecule has 0 bridgehead atoms. The molecule has 1 aliphatic rings. The van der Waals surface area contributed by atoms with E-state index in [-0.39, 0.29) is 11.1 Å². The van der Waals surface area contributed by atoms with Gasteiger partial charge in [0.25, 0.3) is 0 Å². The first-order chi connectivity index (χ1) is 14.0. The lowest BCUT2D eigenvalue weighted by molar-refractivity contribution is -0.0474. The van der Waals surface area contributed by atoms with Crippen LogP contribution in [0.15, 0.2) is 59.6 Å². The van der Waals surface area contributed by atoms with Crippen LogP contribution in [-0.4, -0.2) is 18.2 Å². The van der Waals surface area contributed by atoms with Gasteiger partial charge >= 0.3 is 0 Å². The van der Waals surface area contributed by atoms with Gasteiger partial charge in [-0.1, -0.05) is 11.6 Å². The van der Waals surface area contributed by atoms with Crippen LogP contribution >= 0.6 is 23.4 Å². The molecule has 1 atom stereocenters. The summed E-state index contributed by atoms with van der Waals surface area (Å²) in [5.74, 6) is -1.88. The summed E-state index contributed by atoms with van der Waals surface area (Å²) in [7, 11) is 0. The Labute approximate surface area is 174 Å². The van der Waals surface area contributed by atoms with Gasteiger partial charge < -0.3 is 9.47 Å². The van der Waals surface area contributed by atoms with E-state index in [1.165, 1.54) is 17.8 Å². The van der Waals surface area contributed by atoms with E-state index in [2.05, 4.69) is 4.98 Å². The number of pyridine rings is 1. The lowest BCUT2D eigenvalue weighted by Gasteiger charge is -2.20. The first kappa shape index (κ1) is 20.2. The van der Waals surface area contributed by atoms with Crippen LogP contribution in [0.5, 0.6) is 0 Å². The summed E-state index contributed by atoms with van der Waals surface area (Å²) in [5.41, 5.74) is 0.547. The van der Waals surface area contributed by atoms with Crippen molar-refractivity contribution in [3.05, 3.63) is 94.0 Å². The summed E-state index contributed by atoms with van der Waals surface area (Å²) in [6.45, 7) is 0.807. The van der Waals surface area contributed by atoms with Gasteiger partial charge in [0, 0.05) is 21.0 Å². The van der Waals surface area contributed by atoms with E-state index in [9.17, 15) is 13.2 Å². The summed E-state index contributed by atoms with van der Waals surface area (Å²) in [5, 5.41) is -0.328. The maximum Gasteiger partial charge on any atom is 0.201 e. The monoisotopic (exact) mass is 437 g/mol. The van der Waals surface area contributed by atoms with Crippen molar-refractivity contribution in [2.24, 2.45) is 0 Å². The number of rotatable bonds is 5. The van der Waals surface area contributed by atoms with Gasteiger partial charge in [-0.2, -0.15) is 0 Å². The van der Waals surface area contributed by atoms with Gasteiger partial charge in [-0.25, -0.2) is 13.2 Å². The van der Waals surface area contributed by atoms with E-state index < -0.39 is 29.0 Å². The third-order valence-electron chi connectivity index (χ3n) is 4.36. The number of benzene rings is 2. The predicted molar refractivity (Wildman–Crippen MR) is 104 cm³/mol. The van der Waals surface area contributed by atoms with Crippen LogP contribution in [0.1, 0.15) is 28.4 Å². The Kier molecular flexibility index (Phi) is 6.10. The largest absolute Gasteiger partial charge is 0.345 e. The molecular weight excluding hydrogens is 423 g/mol. The van der Waals surface area contributed by atoms with Crippen LogP contribution in [0, 0.1) is 17.5 Å². The number of hydrogen-bond acceptors (Lipinski definition) is 4. The third kappa shape index (κ3) is 4.59. The predicted octanol–water partition coefficient (Wildman–Crippen LogP) is 6.08. The van der Waals surface area contributed by atoms with E-state index in [0.29, 0.717) is 28.8 Å². The van der Waals surface area contributed by atoms with Crippen molar-refractivity contribution in [2.45, 2.75) is 16.4 Å². The molecule has 1 aromatic heterocycles. The number of aromatic nitrogens is 1. The molecule has 0 aliphatic carbocycles. The van der Waals surface area contributed by atoms with Crippen molar-refractivity contribution < 1.29 is 22.6 Å². The summed E-state index contributed by atoms with van der Waals surface area (Å²) < 4.78 is 54.2. The second-order valence-corrected chi connectivity index (χ2v) is 7.94. The van der Waals surface area contributed by atoms with Crippen molar-refractivity contribution in [3.63, 3.8) is 0 Å². The SMILES string of the molecule is Fc1ccc(F)c(C(Sc2ccc(Cl)cc2)c2cc(C3OCCO3)ncc2F)c1. The molecule has 0 radical (unpaired) electrons. The Hall–Kier alpha value is -2.06. The molecule has 0 spiro atoms. The molecule has 2 heterocycles. The van der Waals surface area contributed by atoms with Crippen LogP contribution in [0.2, 0.25) is 5.02 Å². The number of thioether (sulfide) groups is 1. The molecule has 150 valence electrons. The zero-order valence-electron chi connectivity index (χ0n) is 14.9. The van der Waals surface area contributed by atoms with Crippen molar-refractivity contribution in [1.29, 1.82) is 0 Å². The Morgan fingerprint density at radius 2 is 1.62 bits per heavy atom. The number of halogens is 4. The molecule has 0 amide bonds. The molecular formula is C21H15ClF3NO2S. The van der Waals surface area contributed by atoms with E-state index in [1.807, 2.05) is 0 Å². The van der Waals surface area contributed by atoms with Crippen LogP contribution in [0.25, 0.3) is 0 Å². The maximum absolute atomic E-state index is 14.8. The molecule has 8 heteroatoms. The molecule has 1 unspecified atom stereocenters. The van der Waals surface area contributed by atoms with Gasteiger partial charge in [0.1, 0.15) is 17.5 Å². The zero-order valence-corrected chi connectivity index (χ0v) is 16.5. The normalized spacial score (nSPS) is 15.6. The minimum absolute atomic E-state index is 0.0225. The smallest absolute Gasteiger partial charge is 0.201 e. The average molecular weight is 438 g/mol. The molecule has 1 fully saturated rings. The fraction of sp³-hybridized carbons (Fsp3) is 0.190. The Morgan fingerprint density at radius 1 is 0.931 bits per heavy atom. The number of nitrogens with zero attached hydrogens (tertiary/aromatic N) is 1. The zero-order chi connectivity index (χ0) is 20.4. The first-order valence-electron chi connectivity index (χ1n) is 8.77. The fourth-order valence-corrected chi connectivity index (χ4v) is 4.30. The van der Waals surface area contributed by atoms with Crippen LogP contribution in [0.4, 0.5) is 13.2 Å². The van der Waals surface area contributed by atoms with Gasteiger partial charge in [0.2, 0.25) is 6.29 Å². The van der Waals surface area contributed by atoms with Gasteiger partial charge in [-0.15, -0.1) is 11.8 Å². The van der Waals surface area contributed by atoms with Crippen molar-refractivity contribution >= 4 is 23.4 Å². The molecule has 4 rings (SSSR count). The van der Waals surface area contributed by atoms with Crippen LogP contribution in [-0.2, 0) is 9.47 Å². The van der Waals surface area contributed by atoms with E-state index >= 15 is 0 Å². The highest BCUT2D eigenvalue weighted by Crippen LogP contribution is 2.43. The molecule has 29 heavy (non-hydrogen) atoms. The van der Waals surface area contributed by atoms with Gasteiger partial charge in [0.15, 0.2) is 0 Å². The molecule has 0 N–H and O–H groups in total. The van der Waals surface area contributed by atoms with Crippen molar-refractivity contribution in [3.8, 4) is 0 Å². The van der Waals surface area contributed by atoms with E-state index in [0.717, 1.165) is 24.4 Å². The van der Waals surface area contributed by atoms with Gasteiger partial charge in [-0.3, -0.25) is 4.98 Å². The molecule has 1 saturated heterocycles. The quantitative estimate of drug-likeness (QED) is 0.453.